The molecule has 19 heavy (non-hydrogen) atoms. The molecule has 2 fully saturated rings. The van der Waals surface area contributed by atoms with Gasteiger partial charge in [-0.15, -0.1) is 23.2 Å². The van der Waals surface area contributed by atoms with Gasteiger partial charge in [0.15, 0.2) is 11.6 Å². The first kappa shape index (κ1) is 19.4. The smallest absolute Gasteiger partial charge is 0.298 e. The molecule has 2 saturated carbocycles. The fourth-order valence-corrected chi connectivity index (χ4v) is 1.58. The van der Waals surface area contributed by atoms with Gasteiger partial charge in [0.25, 0.3) is 0 Å². The average molecular weight is 339 g/mol. The first-order chi connectivity index (χ1) is 8.69. The molecule has 0 heterocycles. The van der Waals surface area contributed by atoms with Crippen molar-refractivity contribution in [2.24, 2.45) is 0 Å². The second kappa shape index (κ2) is 11.1. The first-order valence-corrected chi connectivity index (χ1v) is 6.37. The molecule has 2 rings (SSSR count). The fourth-order valence-electron chi connectivity index (χ4n) is 1.27. The SMILES string of the molecule is O=C(CCl)[C]1[CH][CH][CH][CH]1.O=C(CCl)[C]1[CH][CH][CH][CH]1.[Fe+2]. The standard InChI is InChI=1S/2C7H6ClO.Fe/c2*8-5-7(9)6-3-1-2-4-6;/h2*1-4H,5H2;/q;;+2. The molecule has 100 valence electrons. The van der Waals surface area contributed by atoms with Crippen molar-refractivity contribution >= 4 is 34.8 Å². The van der Waals surface area contributed by atoms with Gasteiger partial charge in [0.05, 0.1) is 23.6 Å². The van der Waals surface area contributed by atoms with Crippen LogP contribution >= 0.6 is 23.2 Å². The topological polar surface area (TPSA) is 34.1 Å². The van der Waals surface area contributed by atoms with Crippen LogP contribution in [0.5, 0.6) is 0 Å². The summed E-state index contributed by atoms with van der Waals surface area (Å²) >= 11 is 10.6. The minimum Gasteiger partial charge on any atom is -0.298 e. The Hall–Kier alpha value is 0.439. The zero-order valence-electron chi connectivity index (χ0n) is 9.96. The molecule has 2 aliphatic rings. The molecule has 0 amide bonds. The zero-order valence-corrected chi connectivity index (χ0v) is 12.6. The Kier molecular flexibility index (Phi) is 11.4. The number of Topliss-reactive ketones (excluding diaryl/α,β-unsaturated/α-hetero) is 2. The van der Waals surface area contributed by atoms with Crippen molar-refractivity contribution in [3.8, 4) is 0 Å². The molecular weight excluding hydrogens is 327 g/mol. The van der Waals surface area contributed by atoms with Crippen molar-refractivity contribution in [1.82, 2.24) is 0 Å². The summed E-state index contributed by atoms with van der Waals surface area (Å²) in [7, 11) is 0. The van der Waals surface area contributed by atoms with Gasteiger partial charge in [-0.2, -0.15) is 0 Å². The summed E-state index contributed by atoms with van der Waals surface area (Å²) in [5, 5.41) is 0. The van der Waals surface area contributed by atoms with Crippen LogP contribution in [0.3, 0.4) is 0 Å². The van der Waals surface area contributed by atoms with Gasteiger partial charge in [-0.3, -0.25) is 9.59 Å². The van der Waals surface area contributed by atoms with Crippen LogP contribution in [-0.2, 0) is 26.7 Å². The van der Waals surface area contributed by atoms with E-state index in [9.17, 15) is 9.59 Å². The maximum atomic E-state index is 10.7. The summed E-state index contributed by atoms with van der Waals surface area (Å²) in [6.07, 6.45) is 14.3. The molecule has 0 spiro atoms. The summed E-state index contributed by atoms with van der Waals surface area (Å²) in [6.45, 7) is 0. The Labute approximate surface area is 136 Å². The van der Waals surface area contributed by atoms with Crippen molar-refractivity contribution in [3.63, 3.8) is 0 Å². The molecule has 2 nitrogen and oxygen atoms in total. The maximum Gasteiger partial charge on any atom is 2.00 e. The molecule has 0 bridgehead atoms. The minimum atomic E-state index is -0.0123. The molecule has 0 aromatic heterocycles. The van der Waals surface area contributed by atoms with Crippen molar-refractivity contribution in [2.75, 3.05) is 11.8 Å². The van der Waals surface area contributed by atoms with Crippen LogP contribution in [-0.4, -0.2) is 23.3 Å². The molecule has 0 unspecified atom stereocenters. The Balaban J connectivity index is 0.000000324. The van der Waals surface area contributed by atoms with Gasteiger partial charge in [0, 0.05) is 0 Å². The summed E-state index contributed by atoms with van der Waals surface area (Å²) in [4.78, 5) is 21.5. The average Bonchev–Trinajstić information content (AvgIpc) is 3.09. The van der Waals surface area contributed by atoms with Crippen LogP contribution in [0.1, 0.15) is 0 Å². The van der Waals surface area contributed by atoms with E-state index in [2.05, 4.69) is 0 Å². The van der Waals surface area contributed by atoms with Crippen molar-refractivity contribution < 1.29 is 26.7 Å². The second-order valence-corrected chi connectivity index (χ2v) is 4.00. The van der Waals surface area contributed by atoms with Gasteiger partial charge >= 0.3 is 17.1 Å². The van der Waals surface area contributed by atoms with Crippen LogP contribution in [0.2, 0.25) is 0 Å². The molecule has 5 heteroatoms. The Bertz CT molecular complexity index is 245. The van der Waals surface area contributed by atoms with Crippen molar-refractivity contribution in [1.29, 1.82) is 0 Å². The van der Waals surface area contributed by atoms with Crippen LogP contribution in [0.15, 0.2) is 0 Å². The van der Waals surface area contributed by atoms with Gasteiger partial charge < -0.3 is 0 Å². The van der Waals surface area contributed by atoms with E-state index in [0.29, 0.717) is 11.8 Å². The monoisotopic (exact) mass is 338 g/mol. The number of carbonyl (C=O) groups is 2. The quantitative estimate of drug-likeness (QED) is 0.582. The maximum absolute atomic E-state index is 10.7. The second-order valence-electron chi connectivity index (χ2n) is 3.46. The molecule has 0 N–H and O–H groups in total. The van der Waals surface area contributed by atoms with Gasteiger partial charge in [-0.05, 0) is 51.4 Å². The Morgan fingerprint density at radius 1 is 0.737 bits per heavy atom. The van der Waals surface area contributed by atoms with E-state index in [1.54, 1.807) is 25.7 Å². The molecule has 0 saturated heterocycles. The van der Waals surface area contributed by atoms with Crippen LogP contribution in [0, 0.1) is 63.2 Å². The van der Waals surface area contributed by atoms with Crippen molar-refractivity contribution in [3.05, 3.63) is 63.2 Å². The summed E-state index contributed by atoms with van der Waals surface area (Å²) in [5.74, 6) is 1.52. The van der Waals surface area contributed by atoms with E-state index in [4.69, 9.17) is 23.2 Å². The van der Waals surface area contributed by atoms with E-state index in [1.807, 2.05) is 25.7 Å². The predicted molar refractivity (Wildman–Crippen MR) is 72.3 cm³/mol. The van der Waals surface area contributed by atoms with E-state index < -0.39 is 0 Å². The third kappa shape index (κ3) is 7.13. The molecule has 0 aliphatic heterocycles. The van der Waals surface area contributed by atoms with Crippen LogP contribution in [0.25, 0.3) is 0 Å². The summed E-state index contributed by atoms with van der Waals surface area (Å²) in [5.41, 5.74) is 0. The van der Waals surface area contributed by atoms with Gasteiger partial charge in [-0.25, -0.2) is 0 Å². The molecule has 2 aliphatic carbocycles. The molecular formula is C14H12Cl2FeO2+2. The first-order valence-electron chi connectivity index (χ1n) is 5.30. The van der Waals surface area contributed by atoms with Gasteiger partial charge in [-0.1, -0.05) is 0 Å². The van der Waals surface area contributed by atoms with E-state index in [0.717, 1.165) is 0 Å². The Morgan fingerprint density at radius 3 is 1.21 bits per heavy atom. The molecule has 0 aromatic carbocycles. The van der Waals surface area contributed by atoms with Crippen molar-refractivity contribution in [2.45, 2.75) is 0 Å². The number of rotatable bonds is 4. The number of ketones is 2. The third-order valence-corrected chi connectivity index (χ3v) is 2.70. The fraction of sp³-hybridized carbons (Fsp3) is 0.143. The van der Waals surface area contributed by atoms with Gasteiger partial charge in [0.2, 0.25) is 0 Å². The number of carbonyl (C=O) groups excluding carboxylic acids is 2. The number of hydrogen-bond donors (Lipinski definition) is 0. The number of alkyl halides is 2. The van der Waals surface area contributed by atoms with Gasteiger partial charge in [0.1, 0.15) is 0 Å². The zero-order chi connectivity index (χ0) is 13.4. The van der Waals surface area contributed by atoms with Crippen LogP contribution < -0.4 is 0 Å². The summed E-state index contributed by atoms with van der Waals surface area (Å²) < 4.78 is 0. The van der Waals surface area contributed by atoms with E-state index >= 15 is 0 Å². The third-order valence-electron chi connectivity index (χ3n) is 2.21. The Morgan fingerprint density at radius 2 is 1.00 bits per heavy atom. The largest absolute Gasteiger partial charge is 2.00 e. The number of halogens is 2. The van der Waals surface area contributed by atoms with E-state index in [-0.39, 0.29) is 40.4 Å². The predicted octanol–water partition coefficient (Wildman–Crippen LogP) is 2.40. The molecule has 10 radical (unpaired) electrons. The molecule has 0 aromatic rings. The number of hydrogen-bond acceptors (Lipinski definition) is 2. The molecule has 0 atom stereocenters. The normalized spacial score (nSPS) is 19.5. The minimum absolute atomic E-state index is 0. The van der Waals surface area contributed by atoms with E-state index in [1.165, 1.54) is 0 Å². The van der Waals surface area contributed by atoms with Crippen LogP contribution in [0.4, 0.5) is 0 Å². The summed E-state index contributed by atoms with van der Waals surface area (Å²) in [6, 6.07) is 0.